The van der Waals surface area contributed by atoms with Crippen molar-refractivity contribution in [3.8, 4) is 0 Å². The minimum Gasteiger partial charge on any atom is -0.548 e. The average molecular weight is 185 g/mol. The third kappa shape index (κ3) is 3.25. The van der Waals surface area contributed by atoms with Crippen LogP contribution in [0.3, 0.4) is 0 Å². The van der Waals surface area contributed by atoms with Gasteiger partial charge in [-0.15, -0.1) is 0 Å². The summed E-state index contributed by atoms with van der Waals surface area (Å²) in [6, 6.07) is 7.29. The molecule has 0 unspecified atom stereocenters. The van der Waals surface area contributed by atoms with Crippen LogP contribution in [0.2, 0.25) is 0 Å². The van der Waals surface area contributed by atoms with Gasteiger partial charge in [0, 0.05) is 0 Å². The molecule has 0 radical (unpaired) electrons. The summed E-state index contributed by atoms with van der Waals surface area (Å²) in [7, 11) is 0. The fraction of sp³-hybridized carbons (Fsp3) is 0.111. The van der Waals surface area contributed by atoms with Crippen molar-refractivity contribution in [1.29, 1.82) is 0 Å². The predicted molar refractivity (Wildman–Crippen MR) is 43.4 cm³/mol. The van der Waals surface area contributed by atoms with E-state index in [4.69, 9.17) is 0 Å². The van der Waals surface area contributed by atoms with E-state index < -0.39 is 12.0 Å². The molecule has 0 heterocycles. The fourth-order valence-electron chi connectivity index (χ4n) is 1.01. The number of rotatable bonds is 4. The van der Waals surface area contributed by atoms with E-state index in [1.807, 2.05) is 0 Å². The first-order valence-corrected chi connectivity index (χ1v) is 3.71. The second-order valence-corrected chi connectivity index (χ2v) is 2.45. The first-order valence-electron chi connectivity index (χ1n) is 3.71. The van der Waals surface area contributed by atoms with E-state index in [1.54, 1.807) is 30.3 Å². The van der Waals surface area contributed by atoms with Gasteiger partial charge in [0.1, 0.15) is 0 Å². The molecule has 14 heavy (non-hydrogen) atoms. The van der Waals surface area contributed by atoms with Crippen LogP contribution in [0.15, 0.2) is 30.3 Å². The molecule has 0 aromatic heterocycles. The number of amides is 1. The summed E-state index contributed by atoms with van der Waals surface area (Å²) >= 11 is 0. The number of benzene rings is 1. The van der Waals surface area contributed by atoms with Crippen molar-refractivity contribution in [3.05, 3.63) is 35.9 Å². The summed E-state index contributed by atoms with van der Waals surface area (Å²) in [6.45, 7) is 0. The number of aliphatic carboxylic acids is 1. The van der Waals surface area contributed by atoms with Crippen LogP contribution in [0.25, 0.3) is 0 Å². The maximum absolute atomic E-state index is 10.6. The first-order chi connectivity index (χ1) is 6.25. The van der Waals surface area contributed by atoms with Crippen LogP contribution in [0, 0.1) is 0 Å². The van der Waals surface area contributed by atoms with E-state index in [1.165, 1.54) is 0 Å². The zero-order valence-corrected chi connectivity index (χ0v) is 7.77. The maximum atomic E-state index is 10.6. The third-order valence-corrected chi connectivity index (χ3v) is 1.60. The molecule has 0 aliphatic carbocycles. The SMILES string of the molecule is O=CN[C@@H](C(=O)[O-])c1ccccc1.[Li+]. The van der Waals surface area contributed by atoms with E-state index in [0.29, 0.717) is 12.0 Å². The number of carboxylic acids is 1. The Hall–Kier alpha value is -1.24. The Balaban J connectivity index is 0.00000169. The largest absolute Gasteiger partial charge is 1.00 e. The minimum atomic E-state index is -1.32. The molecule has 0 saturated carbocycles. The average Bonchev–Trinajstić information content (AvgIpc) is 2.15. The Bertz CT molecular complexity index is 302. The molecule has 1 aromatic rings. The van der Waals surface area contributed by atoms with Gasteiger partial charge in [0.05, 0.1) is 12.0 Å². The van der Waals surface area contributed by atoms with E-state index in [2.05, 4.69) is 5.32 Å². The third-order valence-electron chi connectivity index (χ3n) is 1.60. The van der Waals surface area contributed by atoms with Gasteiger partial charge in [0.15, 0.2) is 0 Å². The molecular formula is C9H8LiNO3. The maximum Gasteiger partial charge on any atom is 1.00 e. The zero-order chi connectivity index (χ0) is 9.68. The van der Waals surface area contributed by atoms with Gasteiger partial charge in [-0.1, -0.05) is 30.3 Å². The Kier molecular flexibility index (Phi) is 5.69. The van der Waals surface area contributed by atoms with Crippen molar-refractivity contribution in [1.82, 2.24) is 5.32 Å². The topological polar surface area (TPSA) is 69.2 Å². The monoisotopic (exact) mass is 185 g/mol. The minimum absolute atomic E-state index is 0. The first kappa shape index (κ1) is 12.8. The van der Waals surface area contributed by atoms with Crippen molar-refractivity contribution in [3.63, 3.8) is 0 Å². The van der Waals surface area contributed by atoms with E-state index in [9.17, 15) is 14.7 Å². The van der Waals surface area contributed by atoms with Gasteiger partial charge in [0.25, 0.3) is 0 Å². The molecule has 68 valence electrons. The normalized spacial score (nSPS) is 10.9. The van der Waals surface area contributed by atoms with E-state index >= 15 is 0 Å². The van der Waals surface area contributed by atoms with Crippen molar-refractivity contribution in [2.75, 3.05) is 0 Å². The summed E-state index contributed by atoms with van der Waals surface area (Å²) in [6.07, 6.45) is 0.341. The molecule has 1 amide bonds. The van der Waals surface area contributed by atoms with Crippen LogP contribution in [0.5, 0.6) is 0 Å². The molecule has 0 saturated heterocycles. The van der Waals surface area contributed by atoms with E-state index in [0.717, 1.165) is 0 Å². The molecule has 1 rings (SSSR count). The van der Waals surface area contributed by atoms with Gasteiger partial charge in [0.2, 0.25) is 6.41 Å². The molecule has 0 fully saturated rings. The Morgan fingerprint density at radius 3 is 2.36 bits per heavy atom. The van der Waals surface area contributed by atoms with Crippen molar-refractivity contribution < 1.29 is 33.6 Å². The molecule has 0 aliphatic heterocycles. The molecule has 0 bridgehead atoms. The zero-order valence-electron chi connectivity index (χ0n) is 7.77. The van der Waals surface area contributed by atoms with Gasteiger partial charge < -0.3 is 15.2 Å². The van der Waals surface area contributed by atoms with Crippen LogP contribution in [-0.4, -0.2) is 12.4 Å². The fourth-order valence-corrected chi connectivity index (χ4v) is 1.01. The summed E-state index contributed by atoms with van der Waals surface area (Å²) in [5, 5.41) is 12.7. The molecule has 4 nitrogen and oxygen atoms in total. The van der Waals surface area contributed by atoms with Crippen LogP contribution in [-0.2, 0) is 9.59 Å². The number of carbonyl (C=O) groups is 2. The van der Waals surface area contributed by atoms with Crippen LogP contribution in [0.4, 0.5) is 0 Å². The molecule has 0 spiro atoms. The number of carboxylic acid groups (broad SMARTS) is 1. The smallest absolute Gasteiger partial charge is 0.548 e. The van der Waals surface area contributed by atoms with Gasteiger partial charge in [-0.25, -0.2) is 0 Å². The summed E-state index contributed by atoms with van der Waals surface area (Å²) in [5.74, 6) is -1.32. The quantitative estimate of drug-likeness (QED) is 0.386. The summed E-state index contributed by atoms with van der Waals surface area (Å²) in [4.78, 5) is 20.6. The molecule has 5 heteroatoms. The number of hydrogen-bond donors (Lipinski definition) is 1. The van der Waals surface area contributed by atoms with Crippen molar-refractivity contribution in [2.45, 2.75) is 6.04 Å². The Morgan fingerprint density at radius 1 is 1.36 bits per heavy atom. The number of hydrogen-bond acceptors (Lipinski definition) is 3. The van der Waals surface area contributed by atoms with Crippen LogP contribution in [0.1, 0.15) is 11.6 Å². The number of carbonyl (C=O) groups excluding carboxylic acids is 2. The summed E-state index contributed by atoms with van der Waals surface area (Å²) in [5.41, 5.74) is 0.495. The van der Waals surface area contributed by atoms with Gasteiger partial charge in [-0.05, 0) is 5.56 Å². The van der Waals surface area contributed by atoms with Crippen molar-refractivity contribution >= 4 is 12.4 Å². The molecule has 1 aromatic carbocycles. The van der Waals surface area contributed by atoms with Crippen LogP contribution >= 0.6 is 0 Å². The predicted octanol–water partition coefficient (Wildman–Crippen LogP) is -3.77. The van der Waals surface area contributed by atoms with Gasteiger partial charge in [-0.2, -0.15) is 0 Å². The van der Waals surface area contributed by atoms with E-state index in [-0.39, 0.29) is 18.9 Å². The molecule has 1 N–H and O–H groups in total. The molecular weight excluding hydrogens is 177 g/mol. The van der Waals surface area contributed by atoms with Gasteiger partial charge >= 0.3 is 18.9 Å². The Morgan fingerprint density at radius 2 is 1.93 bits per heavy atom. The molecule has 1 atom stereocenters. The van der Waals surface area contributed by atoms with Crippen LogP contribution < -0.4 is 29.3 Å². The van der Waals surface area contributed by atoms with Crippen molar-refractivity contribution in [2.24, 2.45) is 0 Å². The molecule has 0 aliphatic rings. The van der Waals surface area contributed by atoms with Gasteiger partial charge in [-0.3, -0.25) is 4.79 Å². The second kappa shape index (κ2) is 6.25. The second-order valence-electron chi connectivity index (χ2n) is 2.45. The number of nitrogens with one attached hydrogen (secondary N) is 1. The summed E-state index contributed by atoms with van der Waals surface area (Å²) < 4.78 is 0. The standard InChI is InChI=1S/C9H9NO3.Li/c11-6-10-8(9(12)13)7-4-2-1-3-5-7;/h1-6,8H,(H,10,11)(H,12,13);/q;+1/p-1/t8-;/m1./s1. The Labute approximate surface area is 93.5 Å².